The van der Waals surface area contributed by atoms with Crippen molar-refractivity contribution >= 4 is 0 Å². The molecule has 4 heteroatoms. The zero-order chi connectivity index (χ0) is 10.7. The molecule has 0 radical (unpaired) electrons. The fourth-order valence-corrected chi connectivity index (χ4v) is 1.71. The fourth-order valence-electron chi connectivity index (χ4n) is 1.71. The molecule has 0 aromatic heterocycles. The molecule has 1 saturated carbocycles. The van der Waals surface area contributed by atoms with Gasteiger partial charge in [-0.2, -0.15) is 0 Å². The molecule has 78 valence electrons. The Morgan fingerprint density at radius 2 is 2.33 bits per heavy atom. The summed E-state index contributed by atoms with van der Waals surface area (Å²) < 4.78 is 0. The average Bonchev–Trinajstić information content (AvgIpc) is 3.10. The van der Waals surface area contributed by atoms with Crippen LogP contribution < -0.4 is 0 Å². The van der Waals surface area contributed by atoms with Gasteiger partial charge in [-0.25, -0.2) is 0 Å². The topological polar surface area (TPSA) is 69.0 Å². The number of nitrogens with zero attached hydrogens (tertiary/aromatic N) is 3. The van der Waals surface area contributed by atoms with Crippen LogP contribution in [-0.2, 0) is 0 Å². The van der Waals surface area contributed by atoms with Crippen molar-refractivity contribution in [1.82, 2.24) is 0 Å². The lowest BCUT2D eigenvalue weighted by atomic mass is 10.0. The average molecular weight is 203 g/mol. The third-order valence-corrected chi connectivity index (χ3v) is 2.71. The molecule has 1 aliphatic carbocycles. The Morgan fingerprint density at radius 3 is 2.93 bits per heavy atom. The predicted molar refractivity (Wildman–Crippen MR) is 57.4 cm³/mol. The standard InChI is InChI=1S/C11H13N3O/c12-14-13-11(7-15)10-3-1-2-9(6-10)8-4-5-8/h1-3,6,8,11,15H,4-5,7H2. The largest absolute Gasteiger partial charge is 0.396 e. The van der Waals surface area contributed by atoms with Crippen molar-refractivity contribution in [2.24, 2.45) is 5.11 Å². The number of azide groups is 1. The first-order chi connectivity index (χ1) is 7.35. The van der Waals surface area contributed by atoms with E-state index in [1.165, 1.54) is 18.4 Å². The molecule has 1 fully saturated rings. The maximum Gasteiger partial charge on any atom is 0.0856 e. The summed E-state index contributed by atoms with van der Waals surface area (Å²) in [5.41, 5.74) is 10.6. The minimum absolute atomic E-state index is 0.141. The van der Waals surface area contributed by atoms with E-state index < -0.39 is 6.04 Å². The van der Waals surface area contributed by atoms with Gasteiger partial charge in [-0.3, -0.25) is 0 Å². The van der Waals surface area contributed by atoms with E-state index in [0.29, 0.717) is 5.92 Å². The van der Waals surface area contributed by atoms with Crippen molar-refractivity contribution in [3.63, 3.8) is 0 Å². The van der Waals surface area contributed by atoms with Crippen LogP contribution in [0.15, 0.2) is 29.4 Å². The normalized spacial score (nSPS) is 16.9. The van der Waals surface area contributed by atoms with Crippen molar-refractivity contribution in [2.45, 2.75) is 24.8 Å². The SMILES string of the molecule is [N-]=[N+]=NC(CO)c1cccc(C2CC2)c1. The van der Waals surface area contributed by atoms with Gasteiger partial charge in [0.15, 0.2) is 0 Å². The van der Waals surface area contributed by atoms with Crippen LogP contribution in [0, 0.1) is 0 Å². The van der Waals surface area contributed by atoms with Crippen molar-refractivity contribution in [3.05, 3.63) is 45.8 Å². The Bertz CT molecular complexity index is 395. The zero-order valence-corrected chi connectivity index (χ0v) is 8.37. The molecule has 0 amide bonds. The quantitative estimate of drug-likeness (QED) is 0.456. The fraction of sp³-hybridized carbons (Fsp3) is 0.455. The van der Waals surface area contributed by atoms with Gasteiger partial charge in [-0.15, -0.1) is 0 Å². The van der Waals surface area contributed by atoms with E-state index >= 15 is 0 Å². The number of hydrogen-bond donors (Lipinski definition) is 1. The predicted octanol–water partition coefficient (Wildman–Crippen LogP) is 2.91. The smallest absolute Gasteiger partial charge is 0.0856 e. The molecule has 0 aliphatic heterocycles. The van der Waals surface area contributed by atoms with E-state index in [1.807, 2.05) is 18.2 Å². The lowest BCUT2D eigenvalue weighted by molar-refractivity contribution is 0.268. The van der Waals surface area contributed by atoms with Crippen LogP contribution in [0.25, 0.3) is 10.4 Å². The van der Waals surface area contributed by atoms with Crippen LogP contribution in [0.5, 0.6) is 0 Å². The van der Waals surface area contributed by atoms with E-state index in [9.17, 15) is 0 Å². The highest BCUT2D eigenvalue weighted by Crippen LogP contribution is 2.40. The summed E-state index contributed by atoms with van der Waals surface area (Å²) in [5.74, 6) is 0.676. The second kappa shape index (κ2) is 4.34. The van der Waals surface area contributed by atoms with E-state index in [4.69, 9.17) is 10.6 Å². The van der Waals surface area contributed by atoms with E-state index in [1.54, 1.807) is 0 Å². The molecule has 1 N–H and O–H groups in total. The molecular formula is C11H13N3O. The van der Waals surface area contributed by atoms with Crippen molar-refractivity contribution in [2.75, 3.05) is 6.61 Å². The molecule has 0 saturated heterocycles. The van der Waals surface area contributed by atoms with Gasteiger partial charge in [-0.1, -0.05) is 29.4 Å². The third kappa shape index (κ3) is 2.29. The summed E-state index contributed by atoms with van der Waals surface area (Å²) in [6, 6.07) is 7.52. The molecular weight excluding hydrogens is 190 g/mol. The lowest BCUT2D eigenvalue weighted by Gasteiger charge is -2.09. The zero-order valence-electron chi connectivity index (χ0n) is 8.37. The van der Waals surface area contributed by atoms with Gasteiger partial charge in [-0.05, 0) is 35.4 Å². The van der Waals surface area contributed by atoms with E-state index in [-0.39, 0.29) is 6.61 Å². The Labute approximate surface area is 88.2 Å². The van der Waals surface area contributed by atoms with Crippen LogP contribution >= 0.6 is 0 Å². The molecule has 1 aromatic carbocycles. The van der Waals surface area contributed by atoms with Crippen molar-refractivity contribution in [1.29, 1.82) is 0 Å². The van der Waals surface area contributed by atoms with Crippen molar-refractivity contribution in [3.8, 4) is 0 Å². The second-order valence-corrected chi connectivity index (χ2v) is 3.85. The highest BCUT2D eigenvalue weighted by atomic mass is 16.3. The summed E-state index contributed by atoms with van der Waals surface area (Å²) in [6.45, 7) is -0.141. The minimum Gasteiger partial charge on any atom is -0.396 e. The van der Waals surface area contributed by atoms with Crippen LogP contribution in [0.2, 0.25) is 0 Å². The molecule has 4 nitrogen and oxygen atoms in total. The van der Waals surface area contributed by atoms with Crippen LogP contribution in [0.3, 0.4) is 0 Å². The number of rotatable bonds is 4. The number of hydrogen-bond acceptors (Lipinski definition) is 2. The van der Waals surface area contributed by atoms with Crippen LogP contribution in [0.1, 0.15) is 35.9 Å². The van der Waals surface area contributed by atoms with Crippen molar-refractivity contribution < 1.29 is 5.11 Å². The summed E-state index contributed by atoms with van der Waals surface area (Å²) >= 11 is 0. The number of benzene rings is 1. The highest BCUT2D eigenvalue weighted by Gasteiger charge is 2.23. The van der Waals surface area contributed by atoms with Gasteiger partial charge >= 0.3 is 0 Å². The van der Waals surface area contributed by atoms with Gasteiger partial charge in [0.2, 0.25) is 0 Å². The maximum absolute atomic E-state index is 9.09. The Balaban J connectivity index is 2.25. The van der Waals surface area contributed by atoms with Gasteiger partial charge in [0.1, 0.15) is 0 Å². The molecule has 0 heterocycles. The second-order valence-electron chi connectivity index (χ2n) is 3.85. The van der Waals surface area contributed by atoms with Gasteiger partial charge in [0, 0.05) is 4.91 Å². The highest BCUT2D eigenvalue weighted by molar-refractivity contribution is 5.31. The van der Waals surface area contributed by atoms with Gasteiger partial charge < -0.3 is 5.11 Å². The summed E-state index contributed by atoms with van der Waals surface area (Å²) in [6.07, 6.45) is 2.49. The number of aliphatic hydroxyl groups is 1. The summed E-state index contributed by atoms with van der Waals surface area (Å²) in [5, 5.41) is 12.7. The van der Waals surface area contributed by atoms with Crippen LogP contribution in [-0.4, -0.2) is 11.7 Å². The molecule has 0 spiro atoms. The molecule has 1 atom stereocenters. The Kier molecular flexibility index (Phi) is 2.90. The lowest BCUT2D eigenvalue weighted by Crippen LogP contribution is -2.00. The first-order valence-electron chi connectivity index (χ1n) is 5.10. The monoisotopic (exact) mass is 203 g/mol. The molecule has 15 heavy (non-hydrogen) atoms. The van der Waals surface area contributed by atoms with E-state index in [0.717, 1.165) is 5.56 Å². The molecule has 1 aliphatic rings. The summed E-state index contributed by atoms with van der Waals surface area (Å²) in [7, 11) is 0. The van der Waals surface area contributed by atoms with Gasteiger partial charge in [0.05, 0.1) is 12.6 Å². The third-order valence-electron chi connectivity index (χ3n) is 2.71. The van der Waals surface area contributed by atoms with Gasteiger partial charge in [0.25, 0.3) is 0 Å². The number of aliphatic hydroxyl groups excluding tert-OH is 1. The Morgan fingerprint density at radius 1 is 1.53 bits per heavy atom. The Hall–Kier alpha value is -1.51. The molecule has 2 rings (SSSR count). The molecule has 1 aromatic rings. The van der Waals surface area contributed by atoms with E-state index in [2.05, 4.69) is 16.1 Å². The minimum atomic E-state index is -0.450. The summed E-state index contributed by atoms with van der Waals surface area (Å²) in [4.78, 5) is 2.74. The molecule has 0 bridgehead atoms. The maximum atomic E-state index is 9.09. The first kappa shape index (κ1) is 10.0. The van der Waals surface area contributed by atoms with Crippen LogP contribution in [0.4, 0.5) is 0 Å². The first-order valence-corrected chi connectivity index (χ1v) is 5.10. The molecule has 1 unspecified atom stereocenters.